The Morgan fingerprint density at radius 1 is 1.25 bits per heavy atom. The zero-order chi connectivity index (χ0) is 31.9. The van der Waals surface area contributed by atoms with Crippen LogP contribution in [-0.2, 0) is 28.7 Å². The van der Waals surface area contributed by atoms with Gasteiger partial charge in [-0.3, -0.25) is 19.2 Å². The molecular formula is C34H47N3O7. The van der Waals surface area contributed by atoms with Crippen LogP contribution in [0.5, 0.6) is 0 Å². The second-order valence-corrected chi connectivity index (χ2v) is 12.1. The van der Waals surface area contributed by atoms with Crippen LogP contribution >= 0.6 is 0 Å². The molecule has 3 amide bonds. The molecule has 240 valence electrons. The Morgan fingerprint density at radius 3 is 2.66 bits per heavy atom. The number of hydrogen-bond acceptors (Lipinski definition) is 7. The van der Waals surface area contributed by atoms with E-state index in [-0.39, 0.29) is 49.9 Å². The molecule has 2 N–H and O–H groups in total. The van der Waals surface area contributed by atoms with Crippen LogP contribution in [0.15, 0.2) is 55.6 Å². The van der Waals surface area contributed by atoms with E-state index >= 15 is 0 Å². The van der Waals surface area contributed by atoms with Gasteiger partial charge in [0.15, 0.2) is 0 Å². The second-order valence-electron chi connectivity index (χ2n) is 12.1. The number of amides is 3. The maximum absolute atomic E-state index is 14.3. The lowest BCUT2D eigenvalue weighted by Gasteiger charge is -2.39. The summed E-state index contributed by atoms with van der Waals surface area (Å²) in [6, 6.07) is 7.63. The lowest BCUT2D eigenvalue weighted by Crippen LogP contribution is -2.58. The number of ether oxygens (including phenoxy) is 2. The fourth-order valence-electron chi connectivity index (χ4n) is 7.21. The molecule has 3 fully saturated rings. The van der Waals surface area contributed by atoms with Crippen LogP contribution in [-0.4, -0.2) is 88.7 Å². The minimum atomic E-state index is -1.14. The van der Waals surface area contributed by atoms with Gasteiger partial charge >= 0.3 is 5.97 Å². The Bertz CT molecular complexity index is 1210. The van der Waals surface area contributed by atoms with E-state index in [4.69, 9.17) is 9.47 Å². The Kier molecular flexibility index (Phi) is 11.4. The van der Waals surface area contributed by atoms with Crippen LogP contribution in [0.25, 0.3) is 0 Å². The number of nitrogens with zero attached hydrogens (tertiary/aromatic N) is 2. The molecule has 2 bridgehead atoms. The summed E-state index contributed by atoms with van der Waals surface area (Å²) in [6.45, 7) is 11.8. The molecule has 10 nitrogen and oxygen atoms in total. The molecule has 3 aliphatic heterocycles. The number of allylic oxidation sites excluding steroid dienone is 1. The van der Waals surface area contributed by atoms with Crippen molar-refractivity contribution in [3.05, 3.63) is 61.2 Å². The number of likely N-dealkylation sites (tertiary alicyclic amines) is 1. The average molecular weight is 610 g/mol. The Hall–Kier alpha value is -3.50. The number of benzene rings is 1. The van der Waals surface area contributed by atoms with Gasteiger partial charge in [0.2, 0.25) is 17.7 Å². The second kappa shape index (κ2) is 15.0. The first-order valence-corrected chi connectivity index (χ1v) is 15.9. The van der Waals surface area contributed by atoms with Crippen LogP contribution in [0.2, 0.25) is 0 Å². The van der Waals surface area contributed by atoms with E-state index in [1.807, 2.05) is 37.3 Å². The molecular weight excluding hydrogens is 562 g/mol. The third kappa shape index (κ3) is 6.61. The predicted molar refractivity (Wildman–Crippen MR) is 165 cm³/mol. The zero-order valence-electron chi connectivity index (χ0n) is 26.0. The first-order valence-electron chi connectivity index (χ1n) is 15.9. The number of carbonyl (C=O) groups is 4. The van der Waals surface area contributed by atoms with Crippen molar-refractivity contribution in [2.24, 2.45) is 11.8 Å². The fraction of sp³-hybridized carbons (Fsp3) is 0.588. The molecule has 3 aliphatic rings. The third-order valence-electron chi connectivity index (χ3n) is 9.22. The molecule has 1 aromatic rings. The van der Waals surface area contributed by atoms with Gasteiger partial charge in [0, 0.05) is 32.2 Å². The lowest BCUT2D eigenvalue weighted by atomic mass is 9.70. The van der Waals surface area contributed by atoms with Crippen molar-refractivity contribution >= 4 is 23.7 Å². The van der Waals surface area contributed by atoms with Crippen LogP contribution in [0, 0.1) is 11.8 Å². The number of fused-ring (bicyclic) bond motifs is 1. The molecule has 0 aliphatic carbocycles. The normalized spacial score (nSPS) is 26.5. The molecule has 0 radical (unpaired) electrons. The highest BCUT2D eigenvalue weighted by Gasteiger charge is 2.74. The summed E-state index contributed by atoms with van der Waals surface area (Å²) in [5.41, 5.74) is -0.377. The summed E-state index contributed by atoms with van der Waals surface area (Å²) in [7, 11) is 0. The van der Waals surface area contributed by atoms with Gasteiger partial charge in [0.05, 0.1) is 24.0 Å². The number of carbonyl (C=O) groups excluding carboxylic acids is 4. The van der Waals surface area contributed by atoms with Crippen molar-refractivity contribution in [2.75, 3.05) is 26.3 Å². The molecule has 10 heteroatoms. The Morgan fingerprint density at radius 2 is 2.00 bits per heavy atom. The van der Waals surface area contributed by atoms with Crippen LogP contribution in [0.1, 0.15) is 70.4 Å². The summed E-state index contributed by atoms with van der Waals surface area (Å²) in [5.74, 6) is -2.93. The van der Waals surface area contributed by atoms with Crippen molar-refractivity contribution in [2.45, 2.75) is 88.6 Å². The van der Waals surface area contributed by atoms with Crippen molar-refractivity contribution < 1.29 is 33.8 Å². The Labute approximate surface area is 260 Å². The Balaban J connectivity index is 1.62. The van der Waals surface area contributed by atoms with Crippen LogP contribution in [0.4, 0.5) is 0 Å². The number of aliphatic hydroxyl groups is 1. The van der Waals surface area contributed by atoms with Gasteiger partial charge < -0.3 is 29.7 Å². The van der Waals surface area contributed by atoms with Gasteiger partial charge in [-0.1, -0.05) is 55.8 Å². The number of esters is 1. The van der Waals surface area contributed by atoms with Gasteiger partial charge in [0.25, 0.3) is 0 Å². The number of rotatable bonds is 17. The van der Waals surface area contributed by atoms with Gasteiger partial charge in [-0.05, 0) is 44.6 Å². The molecule has 4 rings (SSSR count). The monoisotopic (exact) mass is 609 g/mol. The largest absolute Gasteiger partial charge is 0.463 e. The maximum Gasteiger partial charge on any atom is 0.306 e. The summed E-state index contributed by atoms with van der Waals surface area (Å²) in [6.07, 6.45) is 6.49. The summed E-state index contributed by atoms with van der Waals surface area (Å²) in [4.78, 5) is 58.2. The van der Waals surface area contributed by atoms with Crippen molar-refractivity contribution in [3.8, 4) is 0 Å². The molecule has 7 atom stereocenters. The number of hydrogen-bond donors (Lipinski definition) is 2. The minimum Gasteiger partial charge on any atom is -0.463 e. The predicted octanol–water partition coefficient (Wildman–Crippen LogP) is 3.31. The van der Waals surface area contributed by atoms with Crippen molar-refractivity contribution in [3.63, 3.8) is 0 Å². The van der Waals surface area contributed by atoms with Gasteiger partial charge in [-0.25, -0.2) is 0 Å². The summed E-state index contributed by atoms with van der Waals surface area (Å²) in [5, 5.41) is 12.7. The smallest absolute Gasteiger partial charge is 0.306 e. The van der Waals surface area contributed by atoms with Crippen LogP contribution in [0.3, 0.4) is 0 Å². The van der Waals surface area contributed by atoms with E-state index < -0.39 is 41.6 Å². The topological polar surface area (TPSA) is 125 Å². The molecule has 44 heavy (non-hydrogen) atoms. The highest BCUT2D eigenvalue weighted by Crippen LogP contribution is 2.58. The van der Waals surface area contributed by atoms with E-state index in [9.17, 15) is 24.3 Å². The van der Waals surface area contributed by atoms with E-state index in [1.54, 1.807) is 17.1 Å². The van der Waals surface area contributed by atoms with E-state index in [0.717, 1.165) is 18.4 Å². The SMILES string of the molecule is C=CCCC(=O)OC[C@@H](NC(=O)[C@@H]1[C@@H]2CC[C@]3(O2)[C@H](C(=O)N(CC=C)C(C)CCC)N(CCCO)C(=O)[C@@H]13)c1ccccc1. The van der Waals surface area contributed by atoms with E-state index in [0.29, 0.717) is 32.2 Å². The van der Waals surface area contributed by atoms with Gasteiger partial charge in [-0.2, -0.15) is 0 Å². The third-order valence-corrected chi connectivity index (χ3v) is 9.22. The summed E-state index contributed by atoms with van der Waals surface area (Å²) >= 11 is 0. The zero-order valence-corrected chi connectivity index (χ0v) is 26.0. The highest BCUT2D eigenvalue weighted by atomic mass is 16.5. The minimum absolute atomic E-state index is 0.0662. The van der Waals surface area contributed by atoms with E-state index in [1.165, 1.54) is 4.90 Å². The molecule has 0 aromatic heterocycles. The fourth-order valence-corrected chi connectivity index (χ4v) is 7.21. The molecule has 1 spiro atoms. The first kappa shape index (κ1) is 33.4. The van der Waals surface area contributed by atoms with Crippen molar-refractivity contribution in [1.29, 1.82) is 0 Å². The van der Waals surface area contributed by atoms with Gasteiger partial charge in [-0.15, -0.1) is 13.2 Å². The molecule has 1 unspecified atom stereocenters. The average Bonchev–Trinajstić information content (AvgIpc) is 3.67. The standard InChI is InChI=1S/C34H47N3O7/c1-5-8-16-27(39)43-22-25(24-14-10-9-11-15-24)35-31(40)28-26-17-18-34(44-26)29(28)32(41)37(20-12-21-38)30(34)33(42)36(19-7-3)23(4)13-6-2/h5,7,9-11,14-15,23,25-26,28-30,38H,1,3,6,8,12-13,16-22H2,2,4H3,(H,35,40)/t23?,25-,26+,28-,29-,30+,34-/m1/s1. The van der Waals surface area contributed by atoms with Crippen molar-refractivity contribution in [1.82, 2.24) is 15.1 Å². The quantitative estimate of drug-likeness (QED) is 0.205. The summed E-state index contributed by atoms with van der Waals surface area (Å²) < 4.78 is 12.1. The number of nitrogens with one attached hydrogen (secondary N) is 1. The molecule has 3 heterocycles. The number of aliphatic hydroxyl groups excluding tert-OH is 1. The highest BCUT2D eigenvalue weighted by molar-refractivity contribution is 5.99. The first-order chi connectivity index (χ1) is 21.2. The van der Waals surface area contributed by atoms with Gasteiger partial charge in [0.1, 0.15) is 18.2 Å². The maximum atomic E-state index is 14.3. The molecule has 3 saturated heterocycles. The van der Waals surface area contributed by atoms with E-state index in [2.05, 4.69) is 25.4 Å². The lowest BCUT2D eigenvalue weighted by molar-refractivity contribution is -0.149. The van der Waals surface area contributed by atoms with Crippen LogP contribution < -0.4 is 5.32 Å². The molecule has 1 aromatic carbocycles. The molecule has 0 saturated carbocycles.